The number of rotatable bonds is 7. The molecule has 0 fully saturated rings. The van der Waals surface area contributed by atoms with E-state index in [0.717, 1.165) is 12.8 Å². The molecule has 0 aromatic carbocycles. The van der Waals surface area contributed by atoms with Gasteiger partial charge in [0.25, 0.3) is 0 Å². The third-order valence-corrected chi connectivity index (χ3v) is 2.58. The van der Waals surface area contributed by atoms with Crippen molar-refractivity contribution in [1.29, 1.82) is 0 Å². The lowest BCUT2D eigenvalue weighted by Gasteiger charge is -2.22. The first-order valence-electron chi connectivity index (χ1n) is 5.61. The number of amides is 1. The topological polar surface area (TPSA) is 78.4 Å². The van der Waals surface area contributed by atoms with E-state index in [1.165, 1.54) is 13.8 Å². The molecule has 1 amide bonds. The SMILES string of the molecule is CCC(CC)NC(=O)CNC(C)(C)C(=O)O. The van der Waals surface area contributed by atoms with E-state index in [1.54, 1.807) is 0 Å². The zero-order valence-electron chi connectivity index (χ0n) is 10.5. The van der Waals surface area contributed by atoms with Crippen LogP contribution in [0.25, 0.3) is 0 Å². The lowest BCUT2D eigenvalue weighted by Crippen LogP contribution is -2.51. The highest BCUT2D eigenvalue weighted by Gasteiger charge is 2.26. The van der Waals surface area contributed by atoms with E-state index >= 15 is 0 Å². The lowest BCUT2D eigenvalue weighted by molar-refractivity contribution is -0.143. The van der Waals surface area contributed by atoms with E-state index in [1.807, 2.05) is 13.8 Å². The van der Waals surface area contributed by atoms with Gasteiger partial charge in [0.1, 0.15) is 5.54 Å². The minimum atomic E-state index is -1.08. The molecule has 0 spiro atoms. The van der Waals surface area contributed by atoms with Crippen molar-refractivity contribution < 1.29 is 14.7 Å². The smallest absolute Gasteiger partial charge is 0.323 e. The molecule has 0 heterocycles. The molecule has 0 aliphatic carbocycles. The Labute approximate surface area is 96.6 Å². The molecule has 0 bridgehead atoms. The molecular weight excluding hydrogens is 208 g/mol. The predicted octanol–water partition coefficient (Wildman–Crippen LogP) is 0.744. The van der Waals surface area contributed by atoms with Crippen LogP contribution in [-0.2, 0) is 9.59 Å². The standard InChI is InChI=1S/C11H22N2O3/c1-5-8(6-2)13-9(14)7-12-11(3,4)10(15)16/h8,12H,5-7H2,1-4H3,(H,13,14)(H,15,16). The van der Waals surface area contributed by atoms with Gasteiger partial charge in [0.15, 0.2) is 0 Å². The van der Waals surface area contributed by atoms with Gasteiger partial charge in [0.2, 0.25) is 5.91 Å². The molecule has 0 saturated heterocycles. The van der Waals surface area contributed by atoms with Gasteiger partial charge in [-0.1, -0.05) is 13.8 Å². The van der Waals surface area contributed by atoms with Gasteiger partial charge in [-0.05, 0) is 26.7 Å². The summed E-state index contributed by atoms with van der Waals surface area (Å²) >= 11 is 0. The van der Waals surface area contributed by atoms with Crippen LogP contribution < -0.4 is 10.6 Å². The zero-order chi connectivity index (χ0) is 12.8. The number of hydrogen-bond acceptors (Lipinski definition) is 3. The fourth-order valence-corrected chi connectivity index (χ4v) is 1.15. The molecular formula is C11H22N2O3. The van der Waals surface area contributed by atoms with Crippen LogP contribution in [0.15, 0.2) is 0 Å². The molecule has 0 rings (SSSR count). The van der Waals surface area contributed by atoms with Crippen LogP contribution in [0.3, 0.4) is 0 Å². The van der Waals surface area contributed by atoms with Gasteiger partial charge < -0.3 is 10.4 Å². The molecule has 0 atom stereocenters. The molecule has 0 unspecified atom stereocenters. The summed E-state index contributed by atoms with van der Waals surface area (Å²) in [6.45, 7) is 7.08. The van der Waals surface area contributed by atoms with Crippen molar-refractivity contribution in [2.75, 3.05) is 6.54 Å². The second-order valence-corrected chi connectivity index (χ2v) is 4.36. The number of hydrogen-bond donors (Lipinski definition) is 3. The number of carboxylic acid groups (broad SMARTS) is 1. The summed E-state index contributed by atoms with van der Waals surface area (Å²) in [5.74, 6) is -1.13. The Hall–Kier alpha value is -1.10. The Morgan fingerprint density at radius 3 is 2.12 bits per heavy atom. The predicted molar refractivity (Wildman–Crippen MR) is 62.2 cm³/mol. The average Bonchev–Trinajstić information content (AvgIpc) is 2.23. The first-order valence-corrected chi connectivity index (χ1v) is 5.61. The highest BCUT2D eigenvalue weighted by molar-refractivity contribution is 5.81. The number of carbonyl (C=O) groups excluding carboxylic acids is 1. The van der Waals surface area contributed by atoms with Gasteiger partial charge in [0.05, 0.1) is 6.54 Å². The van der Waals surface area contributed by atoms with Crippen LogP contribution in [0.1, 0.15) is 40.5 Å². The molecule has 0 aromatic rings. The lowest BCUT2D eigenvalue weighted by atomic mass is 10.1. The molecule has 94 valence electrons. The van der Waals surface area contributed by atoms with Crippen molar-refractivity contribution in [2.24, 2.45) is 0 Å². The molecule has 16 heavy (non-hydrogen) atoms. The summed E-state index contributed by atoms with van der Waals surface area (Å²) in [5, 5.41) is 14.4. The van der Waals surface area contributed by atoms with E-state index in [4.69, 9.17) is 5.11 Å². The van der Waals surface area contributed by atoms with Crippen molar-refractivity contribution in [3.8, 4) is 0 Å². The fourth-order valence-electron chi connectivity index (χ4n) is 1.15. The largest absolute Gasteiger partial charge is 0.480 e. The van der Waals surface area contributed by atoms with Gasteiger partial charge in [-0.3, -0.25) is 14.9 Å². The number of aliphatic carboxylic acids is 1. The summed E-state index contributed by atoms with van der Waals surface area (Å²) in [7, 11) is 0. The van der Waals surface area contributed by atoms with Crippen LogP contribution in [0.5, 0.6) is 0 Å². The van der Waals surface area contributed by atoms with Gasteiger partial charge in [-0.25, -0.2) is 0 Å². The second-order valence-electron chi connectivity index (χ2n) is 4.36. The number of nitrogens with one attached hydrogen (secondary N) is 2. The van der Waals surface area contributed by atoms with E-state index in [-0.39, 0.29) is 18.5 Å². The van der Waals surface area contributed by atoms with Gasteiger partial charge in [-0.2, -0.15) is 0 Å². The summed E-state index contributed by atoms with van der Waals surface area (Å²) in [4.78, 5) is 22.2. The Morgan fingerprint density at radius 1 is 1.25 bits per heavy atom. The van der Waals surface area contributed by atoms with E-state index in [9.17, 15) is 9.59 Å². The third kappa shape index (κ3) is 5.11. The van der Waals surface area contributed by atoms with Crippen LogP contribution in [-0.4, -0.2) is 35.1 Å². The summed E-state index contributed by atoms with van der Waals surface area (Å²) < 4.78 is 0. The van der Waals surface area contributed by atoms with Gasteiger partial charge >= 0.3 is 5.97 Å². The molecule has 0 aliphatic rings. The maximum absolute atomic E-state index is 11.5. The van der Waals surface area contributed by atoms with Crippen molar-refractivity contribution in [3.63, 3.8) is 0 Å². The summed E-state index contributed by atoms with van der Waals surface area (Å²) in [6, 6.07) is 0.169. The highest BCUT2D eigenvalue weighted by atomic mass is 16.4. The fraction of sp³-hybridized carbons (Fsp3) is 0.818. The summed E-state index contributed by atoms with van der Waals surface area (Å²) in [6.07, 6.45) is 1.76. The van der Waals surface area contributed by atoms with E-state index in [0.29, 0.717) is 0 Å². The van der Waals surface area contributed by atoms with Crippen molar-refractivity contribution in [1.82, 2.24) is 10.6 Å². The van der Waals surface area contributed by atoms with Gasteiger partial charge in [0, 0.05) is 6.04 Å². The number of carboxylic acids is 1. The molecule has 0 aromatic heterocycles. The molecule has 0 aliphatic heterocycles. The maximum atomic E-state index is 11.5. The summed E-state index contributed by atoms with van der Waals surface area (Å²) in [5.41, 5.74) is -1.08. The molecule has 3 N–H and O–H groups in total. The molecule has 0 radical (unpaired) electrons. The first kappa shape index (κ1) is 14.9. The van der Waals surface area contributed by atoms with Crippen LogP contribution in [0, 0.1) is 0 Å². The minimum absolute atomic E-state index is 0.0236. The Morgan fingerprint density at radius 2 is 1.75 bits per heavy atom. The highest BCUT2D eigenvalue weighted by Crippen LogP contribution is 2.01. The van der Waals surface area contributed by atoms with Crippen LogP contribution >= 0.6 is 0 Å². The normalized spacial score (nSPS) is 11.6. The quantitative estimate of drug-likeness (QED) is 0.603. The Bertz CT molecular complexity index is 248. The van der Waals surface area contributed by atoms with Crippen molar-refractivity contribution in [2.45, 2.75) is 52.1 Å². The number of carbonyl (C=O) groups is 2. The van der Waals surface area contributed by atoms with Gasteiger partial charge in [-0.15, -0.1) is 0 Å². The monoisotopic (exact) mass is 230 g/mol. The van der Waals surface area contributed by atoms with Crippen molar-refractivity contribution >= 4 is 11.9 Å². The molecule has 5 heteroatoms. The zero-order valence-corrected chi connectivity index (χ0v) is 10.5. The first-order chi connectivity index (χ1) is 7.33. The maximum Gasteiger partial charge on any atom is 0.323 e. The molecule has 5 nitrogen and oxygen atoms in total. The molecule has 0 saturated carbocycles. The van der Waals surface area contributed by atoms with Crippen molar-refractivity contribution in [3.05, 3.63) is 0 Å². The minimum Gasteiger partial charge on any atom is -0.480 e. The second kappa shape index (κ2) is 6.48. The Kier molecular flexibility index (Phi) is 6.03. The Balaban J connectivity index is 4.03. The van der Waals surface area contributed by atoms with Crippen LogP contribution in [0.4, 0.5) is 0 Å². The van der Waals surface area contributed by atoms with E-state index in [2.05, 4.69) is 10.6 Å². The average molecular weight is 230 g/mol. The van der Waals surface area contributed by atoms with E-state index < -0.39 is 11.5 Å². The third-order valence-electron chi connectivity index (χ3n) is 2.58. The van der Waals surface area contributed by atoms with Crippen LogP contribution in [0.2, 0.25) is 0 Å².